The summed E-state index contributed by atoms with van der Waals surface area (Å²) < 4.78 is 5.59. The minimum Gasteiger partial charge on any atom is -0.460 e. The van der Waals surface area contributed by atoms with E-state index in [1.54, 1.807) is 0 Å². The predicted octanol–water partition coefficient (Wildman–Crippen LogP) is 0.576. The van der Waals surface area contributed by atoms with Crippen molar-refractivity contribution >= 4 is 5.97 Å². The number of quaternary nitrogens is 1. The Hall–Kier alpha value is -3.38. The summed E-state index contributed by atoms with van der Waals surface area (Å²) in [7, 11) is 6.18. The number of nitrogens with zero attached hydrogens (tertiary/aromatic N) is 6. The predicted molar refractivity (Wildman–Crippen MR) is 76.8 cm³/mol. The normalized spacial score (nSPS) is 10.3. The summed E-state index contributed by atoms with van der Waals surface area (Å²) in [5.41, 5.74) is -2.80. The molecular formula is C15H16N6O2. The molecule has 0 aromatic heterocycles. The molecule has 0 radical (unpaired) electrons. The third-order valence-corrected chi connectivity index (χ3v) is 2.24. The lowest BCUT2D eigenvalue weighted by Crippen LogP contribution is -2.37. The summed E-state index contributed by atoms with van der Waals surface area (Å²) in [6.45, 7) is 2.80. The number of nitriles is 5. The van der Waals surface area contributed by atoms with Gasteiger partial charge in [0.05, 0.1) is 21.1 Å². The van der Waals surface area contributed by atoms with Crippen LogP contribution in [0, 0.1) is 68.1 Å². The first-order valence-electron chi connectivity index (χ1n) is 6.22. The second-order valence-corrected chi connectivity index (χ2v) is 5.16. The number of hydrogen-bond donors (Lipinski definition) is 0. The number of carbonyl (C=O) groups is 1. The highest BCUT2D eigenvalue weighted by Gasteiger charge is 2.29. The maximum atomic E-state index is 10.3. The van der Waals surface area contributed by atoms with Crippen LogP contribution >= 0.6 is 0 Å². The van der Waals surface area contributed by atoms with Crippen LogP contribution in [0.25, 0.3) is 0 Å². The average Bonchev–Trinajstić information content (AvgIpc) is 2.47. The van der Waals surface area contributed by atoms with E-state index < -0.39 is 11.0 Å². The van der Waals surface area contributed by atoms with Crippen molar-refractivity contribution in [1.29, 1.82) is 26.3 Å². The highest BCUT2D eigenvalue weighted by atomic mass is 16.5. The molecule has 0 aromatic carbocycles. The van der Waals surface area contributed by atoms with Crippen LogP contribution in [0.15, 0.2) is 5.57 Å². The summed E-state index contributed by atoms with van der Waals surface area (Å²) in [4.78, 5) is 10.3. The van der Waals surface area contributed by atoms with E-state index in [-0.39, 0.29) is 5.97 Å². The fourth-order valence-electron chi connectivity index (χ4n) is 0.967. The molecule has 0 aliphatic carbocycles. The Balaban J connectivity index is 0. The van der Waals surface area contributed by atoms with E-state index in [9.17, 15) is 4.79 Å². The Morgan fingerprint density at radius 3 is 1.83 bits per heavy atom. The van der Waals surface area contributed by atoms with Crippen LogP contribution in [0.3, 0.4) is 0 Å². The Bertz CT molecular complexity index is 617. The lowest BCUT2D eigenvalue weighted by Gasteiger charge is -2.23. The number of likely N-dealkylation sites (N-methyl/N-ethyl adjacent to an activating group) is 1. The Kier molecular flexibility index (Phi) is 9.87. The van der Waals surface area contributed by atoms with Crippen LogP contribution in [0.2, 0.25) is 0 Å². The van der Waals surface area contributed by atoms with Gasteiger partial charge in [0.25, 0.3) is 0 Å². The summed E-state index contributed by atoms with van der Waals surface area (Å²) in [5.74, 6) is -0.201. The molecule has 8 nitrogen and oxygen atoms in total. The van der Waals surface area contributed by atoms with Gasteiger partial charge < -0.3 is 14.5 Å². The molecule has 0 amide bonds. The first-order chi connectivity index (χ1) is 10.6. The van der Waals surface area contributed by atoms with Crippen LogP contribution in [0.5, 0.6) is 0 Å². The molecule has 0 spiro atoms. The highest BCUT2D eigenvalue weighted by molar-refractivity contribution is 5.65. The first kappa shape index (κ1) is 21.9. The Morgan fingerprint density at radius 1 is 1.09 bits per heavy atom. The second-order valence-electron chi connectivity index (χ2n) is 5.16. The molecule has 0 rings (SSSR count). The number of ether oxygens (including phenoxy) is 1. The van der Waals surface area contributed by atoms with Crippen LogP contribution in [0.4, 0.5) is 0 Å². The lowest BCUT2D eigenvalue weighted by atomic mass is 9.85. The van der Waals surface area contributed by atoms with Crippen molar-refractivity contribution in [1.82, 2.24) is 0 Å². The molecule has 0 N–H and O–H groups in total. The zero-order chi connectivity index (χ0) is 18.5. The minimum atomic E-state index is -2.22. The molecule has 0 unspecified atom stereocenters. The van der Waals surface area contributed by atoms with Crippen molar-refractivity contribution in [3.63, 3.8) is 0 Å². The molecule has 0 bridgehead atoms. The number of carbonyl (C=O) groups excluding carboxylic acids is 1. The number of esters is 1. The van der Waals surface area contributed by atoms with Crippen molar-refractivity contribution in [2.24, 2.45) is 5.41 Å². The van der Waals surface area contributed by atoms with E-state index in [1.165, 1.54) is 37.3 Å². The van der Waals surface area contributed by atoms with Gasteiger partial charge in [-0.2, -0.15) is 15.8 Å². The SMILES string of the molecule is CC(=O)OCC[N+](C)(C)C.N#C[C-]=C(C#N)C(C#N)(C#N)C#N. The monoisotopic (exact) mass is 312 g/mol. The zero-order valence-corrected chi connectivity index (χ0v) is 13.4. The molecule has 118 valence electrons. The fourth-order valence-corrected chi connectivity index (χ4v) is 0.967. The molecule has 0 aliphatic heterocycles. The molecule has 0 saturated carbocycles. The molecule has 0 atom stereocenters. The van der Waals surface area contributed by atoms with Crippen LogP contribution in [-0.2, 0) is 9.53 Å². The van der Waals surface area contributed by atoms with Gasteiger partial charge in [-0.05, 0) is 6.07 Å². The van der Waals surface area contributed by atoms with E-state index in [0.29, 0.717) is 6.61 Å². The fraction of sp³-hybridized carbons (Fsp3) is 0.467. The van der Waals surface area contributed by atoms with Gasteiger partial charge in [0.2, 0.25) is 5.41 Å². The van der Waals surface area contributed by atoms with Crippen LogP contribution in [0.1, 0.15) is 6.92 Å². The van der Waals surface area contributed by atoms with E-state index in [0.717, 1.165) is 11.0 Å². The van der Waals surface area contributed by atoms with Gasteiger partial charge in [-0.3, -0.25) is 4.79 Å². The van der Waals surface area contributed by atoms with Crippen molar-refractivity contribution in [3.05, 3.63) is 11.6 Å². The van der Waals surface area contributed by atoms with E-state index >= 15 is 0 Å². The molecule has 0 aromatic rings. The van der Waals surface area contributed by atoms with Gasteiger partial charge in [-0.15, -0.1) is 17.7 Å². The van der Waals surface area contributed by atoms with Gasteiger partial charge >= 0.3 is 5.97 Å². The van der Waals surface area contributed by atoms with E-state index in [1.807, 2.05) is 6.08 Å². The standard InChI is InChI=1S/C8N5.C7H16NO2/c9-2-1-7(3-10)8(4-11,5-12)6-13;1-7(9)10-6-5-8(2,3)4/h;5-6H2,1-4H3/q-1;+1. The molecular weight excluding hydrogens is 296 g/mol. The summed E-state index contributed by atoms with van der Waals surface area (Å²) >= 11 is 0. The summed E-state index contributed by atoms with van der Waals surface area (Å²) in [6, 6.07) is 6.84. The summed E-state index contributed by atoms with van der Waals surface area (Å²) in [6.07, 6.45) is 1.82. The first-order valence-corrected chi connectivity index (χ1v) is 6.22. The Labute approximate surface area is 135 Å². The van der Waals surface area contributed by atoms with Gasteiger partial charge in [0.15, 0.2) is 0 Å². The van der Waals surface area contributed by atoms with Crippen LogP contribution in [-0.4, -0.2) is 44.7 Å². The van der Waals surface area contributed by atoms with E-state index in [4.69, 9.17) is 31.0 Å². The van der Waals surface area contributed by atoms with Crippen molar-refractivity contribution in [3.8, 4) is 30.3 Å². The topological polar surface area (TPSA) is 145 Å². The van der Waals surface area contributed by atoms with Crippen molar-refractivity contribution < 1.29 is 14.0 Å². The third kappa shape index (κ3) is 9.22. The number of rotatable bonds is 4. The van der Waals surface area contributed by atoms with E-state index in [2.05, 4.69) is 21.1 Å². The molecule has 0 aliphatic rings. The van der Waals surface area contributed by atoms with Gasteiger partial charge in [-0.1, -0.05) is 0 Å². The van der Waals surface area contributed by atoms with Crippen LogP contribution < -0.4 is 0 Å². The maximum Gasteiger partial charge on any atom is 0.302 e. The molecule has 0 fully saturated rings. The quantitative estimate of drug-likeness (QED) is 0.319. The average molecular weight is 312 g/mol. The van der Waals surface area contributed by atoms with Crippen molar-refractivity contribution in [2.75, 3.05) is 34.3 Å². The number of hydrogen-bond acceptors (Lipinski definition) is 7. The van der Waals surface area contributed by atoms with Crippen molar-refractivity contribution in [2.45, 2.75) is 6.92 Å². The van der Waals surface area contributed by atoms with Gasteiger partial charge in [0.1, 0.15) is 31.4 Å². The molecule has 0 saturated heterocycles. The largest absolute Gasteiger partial charge is 0.460 e. The zero-order valence-electron chi connectivity index (χ0n) is 13.4. The highest BCUT2D eigenvalue weighted by Crippen LogP contribution is 2.23. The molecule has 0 heterocycles. The molecule has 8 heteroatoms. The lowest BCUT2D eigenvalue weighted by molar-refractivity contribution is -0.870. The second kappa shape index (κ2) is 10.4. The van der Waals surface area contributed by atoms with Gasteiger partial charge in [-0.25, -0.2) is 5.26 Å². The summed E-state index contributed by atoms with van der Waals surface area (Å²) in [5, 5.41) is 42.1. The van der Waals surface area contributed by atoms with Gasteiger partial charge in [0, 0.05) is 6.92 Å². The molecule has 23 heavy (non-hydrogen) atoms. The number of allylic oxidation sites excluding steroid dienone is 2. The minimum absolute atomic E-state index is 0.201. The smallest absolute Gasteiger partial charge is 0.302 e. The maximum absolute atomic E-state index is 10.3. The third-order valence-electron chi connectivity index (χ3n) is 2.24. The Morgan fingerprint density at radius 2 is 1.57 bits per heavy atom.